The van der Waals surface area contributed by atoms with Gasteiger partial charge in [-0.05, 0) is 30.8 Å². The standard InChI is InChI=1S/C14H22ClFN2O/c1-3-18(4-2)10-12(19)9-17-8-11-5-6-14(16)13(15)7-11/h5-7,12,17,19H,3-4,8-10H2,1-2H3. The normalized spacial score (nSPS) is 12.9. The summed E-state index contributed by atoms with van der Waals surface area (Å²) < 4.78 is 13.0. The summed E-state index contributed by atoms with van der Waals surface area (Å²) in [4.78, 5) is 2.17. The average Bonchev–Trinajstić information content (AvgIpc) is 2.40. The van der Waals surface area contributed by atoms with Crippen molar-refractivity contribution in [3.05, 3.63) is 34.6 Å². The third kappa shape index (κ3) is 5.87. The van der Waals surface area contributed by atoms with Crippen molar-refractivity contribution in [1.29, 1.82) is 0 Å². The molecule has 0 aliphatic rings. The summed E-state index contributed by atoms with van der Waals surface area (Å²) in [5.41, 5.74) is 0.904. The van der Waals surface area contributed by atoms with Gasteiger partial charge >= 0.3 is 0 Å². The molecule has 0 saturated heterocycles. The largest absolute Gasteiger partial charge is 0.390 e. The van der Waals surface area contributed by atoms with Crippen molar-refractivity contribution in [2.75, 3.05) is 26.2 Å². The lowest BCUT2D eigenvalue weighted by atomic mass is 10.2. The van der Waals surface area contributed by atoms with E-state index in [0.29, 0.717) is 19.6 Å². The van der Waals surface area contributed by atoms with Crippen LogP contribution >= 0.6 is 11.6 Å². The van der Waals surface area contributed by atoms with E-state index in [0.717, 1.165) is 18.7 Å². The Morgan fingerprint density at radius 2 is 2.05 bits per heavy atom. The number of aliphatic hydroxyl groups is 1. The number of halogens is 2. The molecule has 0 bridgehead atoms. The topological polar surface area (TPSA) is 35.5 Å². The van der Waals surface area contributed by atoms with Crippen LogP contribution in [0.1, 0.15) is 19.4 Å². The van der Waals surface area contributed by atoms with Gasteiger partial charge in [0.2, 0.25) is 0 Å². The van der Waals surface area contributed by atoms with Crippen molar-refractivity contribution < 1.29 is 9.50 Å². The molecule has 0 saturated carbocycles. The first-order valence-electron chi connectivity index (χ1n) is 6.61. The number of nitrogens with zero attached hydrogens (tertiary/aromatic N) is 1. The lowest BCUT2D eigenvalue weighted by Crippen LogP contribution is -2.38. The second-order valence-corrected chi connectivity index (χ2v) is 4.93. The smallest absolute Gasteiger partial charge is 0.141 e. The van der Waals surface area contributed by atoms with Crippen molar-refractivity contribution in [2.45, 2.75) is 26.5 Å². The van der Waals surface area contributed by atoms with Crippen LogP contribution < -0.4 is 5.32 Å². The summed E-state index contributed by atoms with van der Waals surface area (Å²) in [5, 5.41) is 13.1. The third-order valence-corrected chi connectivity index (χ3v) is 3.35. The Balaban J connectivity index is 2.31. The van der Waals surface area contributed by atoms with E-state index in [1.54, 1.807) is 12.1 Å². The Kier molecular flexibility index (Phi) is 7.31. The minimum atomic E-state index is -0.410. The molecule has 1 aromatic carbocycles. The summed E-state index contributed by atoms with van der Waals surface area (Å²) in [5.74, 6) is -0.410. The molecule has 1 unspecified atom stereocenters. The average molecular weight is 289 g/mol. The lowest BCUT2D eigenvalue weighted by molar-refractivity contribution is 0.116. The molecule has 3 nitrogen and oxygen atoms in total. The molecule has 0 radical (unpaired) electrons. The van der Waals surface area contributed by atoms with Gasteiger partial charge in [-0.3, -0.25) is 0 Å². The first-order chi connectivity index (χ1) is 9.06. The number of nitrogens with one attached hydrogen (secondary N) is 1. The highest BCUT2D eigenvalue weighted by Crippen LogP contribution is 2.15. The van der Waals surface area contributed by atoms with Crippen LogP contribution in [0, 0.1) is 5.82 Å². The summed E-state index contributed by atoms with van der Waals surface area (Å²) >= 11 is 5.70. The van der Waals surface area contributed by atoms with Gasteiger partial charge in [0.15, 0.2) is 0 Å². The van der Waals surface area contributed by atoms with E-state index < -0.39 is 11.9 Å². The molecule has 5 heteroatoms. The highest BCUT2D eigenvalue weighted by atomic mass is 35.5. The van der Waals surface area contributed by atoms with Gasteiger partial charge in [0, 0.05) is 19.6 Å². The molecule has 0 fully saturated rings. The zero-order valence-electron chi connectivity index (χ0n) is 11.5. The number of rotatable bonds is 8. The molecule has 0 heterocycles. The predicted molar refractivity (Wildman–Crippen MR) is 76.9 cm³/mol. The highest BCUT2D eigenvalue weighted by molar-refractivity contribution is 6.30. The van der Waals surface area contributed by atoms with Crippen LogP contribution in [-0.4, -0.2) is 42.3 Å². The molecule has 0 aromatic heterocycles. The fourth-order valence-corrected chi connectivity index (χ4v) is 2.08. The van der Waals surface area contributed by atoms with Crippen LogP contribution in [0.5, 0.6) is 0 Å². The summed E-state index contributed by atoms with van der Waals surface area (Å²) in [6.45, 7) is 7.74. The van der Waals surface area contributed by atoms with Gasteiger partial charge < -0.3 is 15.3 Å². The Morgan fingerprint density at radius 1 is 1.37 bits per heavy atom. The quantitative estimate of drug-likeness (QED) is 0.770. The zero-order valence-corrected chi connectivity index (χ0v) is 12.3. The van der Waals surface area contributed by atoms with Gasteiger partial charge in [-0.1, -0.05) is 31.5 Å². The summed E-state index contributed by atoms with van der Waals surface area (Å²) in [7, 11) is 0. The molecule has 1 rings (SSSR count). The van der Waals surface area contributed by atoms with Crippen LogP contribution in [0.4, 0.5) is 4.39 Å². The maximum absolute atomic E-state index is 13.0. The molecule has 1 aromatic rings. The van der Waals surface area contributed by atoms with Gasteiger partial charge in [-0.15, -0.1) is 0 Å². The van der Waals surface area contributed by atoms with Gasteiger partial charge in [-0.25, -0.2) is 4.39 Å². The van der Waals surface area contributed by atoms with Crippen LogP contribution in [0.15, 0.2) is 18.2 Å². The Labute approximate surface area is 119 Å². The number of hydrogen-bond acceptors (Lipinski definition) is 3. The van der Waals surface area contributed by atoms with Gasteiger partial charge in [0.25, 0.3) is 0 Å². The SMILES string of the molecule is CCN(CC)CC(O)CNCc1ccc(F)c(Cl)c1. The Hall–Kier alpha value is -0.680. The fourth-order valence-electron chi connectivity index (χ4n) is 1.88. The van der Waals surface area contributed by atoms with E-state index in [4.69, 9.17) is 11.6 Å². The number of aliphatic hydroxyl groups excluding tert-OH is 1. The zero-order chi connectivity index (χ0) is 14.3. The van der Waals surface area contributed by atoms with Crippen molar-refractivity contribution in [3.8, 4) is 0 Å². The van der Waals surface area contributed by atoms with E-state index in [-0.39, 0.29) is 5.02 Å². The minimum Gasteiger partial charge on any atom is -0.390 e. The first-order valence-corrected chi connectivity index (χ1v) is 6.99. The highest BCUT2D eigenvalue weighted by Gasteiger charge is 2.08. The molecule has 2 N–H and O–H groups in total. The molecule has 19 heavy (non-hydrogen) atoms. The molecular formula is C14H22ClFN2O. The Morgan fingerprint density at radius 3 is 2.63 bits per heavy atom. The second-order valence-electron chi connectivity index (χ2n) is 4.52. The van der Waals surface area contributed by atoms with E-state index in [2.05, 4.69) is 24.1 Å². The molecule has 1 atom stereocenters. The predicted octanol–water partition coefficient (Wildman–Crippen LogP) is 2.27. The van der Waals surface area contributed by atoms with Crippen molar-refractivity contribution in [1.82, 2.24) is 10.2 Å². The lowest BCUT2D eigenvalue weighted by Gasteiger charge is -2.22. The van der Waals surface area contributed by atoms with Crippen molar-refractivity contribution in [3.63, 3.8) is 0 Å². The number of hydrogen-bond donors (Lipinski definition) is 2. The Bertz CT molecular complexity index is 386. The van der Waals surface area contributed by atoms with Gasteiger partial charge in [-0.2, -0.15) is 0 Å². The minimum absolute atomic E-state index is 0.128. The number of benzene rings is 1. The van der Waals surface area contributed by atoms with E-state index in [9.17, 15) is 9.50 Å². The van der Waals surface area contributed by atoms with E-state index in [1.807, 2.05) is 0 Å². The van der Waals surface area contributed by atoms with Gasteiger partial charge in [0.05, 0.1) is 11.1 Å². The van der Waals surface area contributed by atoms with E-state index in [1.165, 1.54) is 6.07 Å². The first kappa shape index (κ1) is 16.4. The maximum atomic E-state index is 13.0. The second kappa shape index (κ2) is 8.48. The van der Waals surface area contributed by atoms with E-state index >= 15 is 0 Å². The fraction of sp³-hybridized carbons (Fsp3) is 0.571. The molecule has 108 valence electrons. The maximum Gasteiger partial charge on any atom is 0.141 e. The molecule has 0 aliphatic heterocycles. The van der Waals surface area contributed by atoms with Crippen LogP contribution in [0.3, 0.4) is 0 Å². The van der Waals surface area contributed by atoms with Crippen molar-refractivity contribution in [2.24, 2.45) is 0 Å². The molecular weight excluding hydrogens is 267 g/mol. The van der Waals surface area contributed by atoms with Gasteiger partial charge in [0.1, 0.15) is 5.82 Å². The van der Waals surface area contributed by atoms with Crippen LogP contribution in [-0.2, 0) is 6.54 Å². The monoisotopic (exact) mass is 288 g/mol. The molecule has 0 amide bonds. The molecule has 0 aliphatic carbocycles. The van der Waals surface area contributed by atoms with Crippen molar-refractivity contribution >= 4 is 11.6 Å². The third-order valence-electron chi connectivity index (χ3n) is 3.06. The summed E-state index contributed by atoms with van der Waals surface area (Å²) in [6, 6.07) is 4.64. The number of likely N-dealkylation sites (N-methyl/N-ethyl adjacent to an activating group) is 1. The molecule has 0 spiro atoms. The van der Waals surface area contributed by atoms with Crippen LogP contribution in [0.25, 0.3) is 0 Å². The van der Waals surface area contributed by atoms with Crippen LogP contribution in [0.2, 0.25) is 5.02 Å². The summed E-state index contributed by atoms with van der Waals surface area (Å²) in [6.07, 6.45) is -0.407.